The van der Waals surface area contributed by atoms with Crippen LogP contribution in [-0.2, 0) is 15.8 Å². The normalized spacial score (nSPS) is 25.5. The molecule has 0 N–H and O–H groups in total. The first kappa shape index (κ1) is 15.3. The highest BCUT2D eigenvalue weighted by Crippen LogP contribution is 2.42. The SMILES string of the molecule is O=C1[C@H]2CCCC[C@@H]2C(=O)N1c1ccc(Cl)c(C(F)(F)F)c1. The van der Waals surface area contributed by atoms with Gasteiger partial charge in [-0.1, -0.05) is 24.4 Å². The highest BCUT2D eigenvalue weighted by Gasteiger charge is 2.49. The molecule has 0 bridgehead atoms. The predicted molar refractivity (Wildman–Crippen MR) is 74.4 cm³/mol. The molecule has 1 heterocycles. The highest BCUT2D eigenvalue weighted by molar-refractivity contribution is 6.31. The number of anilines is 1. The zero-order chi connectivity index (χ0) is 16.1. The lowest BCUT2D eigenvalue weighted by atomic mass is 9.81. The predicted octanol–water partition coefficient (Wildman–Crippen LogP) is 4.04. The average molecular weight is 332 g/mol. The van der Waals surface area contributed by atoms with Crippen molar-refractivity contribution in [3.05, 3.63) is 28.8 Å². The Morgan fingerprint density at radius 2 is 1.59 bits per heavy atom. The van der Waals surface area contributed by atoms with E-state index in [0.29, 0.717) is 12.8 Å². The Hall–Kier alpha value is -1.56. The molecule has 0 spiro atoms. The summed E-state index contributed by atoms with van der Waals surface area (Å²) in [5.41, 5.74) is -1.09. The Kier molecular flexibility index (Phi) is 3.67. The van der Waals surface area contributed by atoms with E-state index < -0.39 is 40.4 Å². The van der Waals surface area contributed by atoms with Gasteiger partial charge in [-0.2, -0.15) is 13.2 Å². The maximum atomic E-state index is 12.9. The van der Waals surface area contributed by atoms with Gasteiger partial charge in [0.15, 0.2) is 0 Å². The summed E-state index contributed by atoms with van der Waals surface area (Å²) in [6, 6.07) is 3.13. The van der Waals surface area contributed by atoms with E-state index in [2.05, 4.69) is 0 Å². The summed E-state index contributed by atoms with van der Waals surface area (Å²) in [5.74, 6) is -1.59. The van der Waals surface area contributed by atoms with Crippen LogP contribution >= 0.6 is 11.6 Å². The Morgan fingerprint density at radius 3 is 2.09 bits per heavy atom. The van der Waals surface area contributed by atoms with Gasteiger partial charge in [-0.15, -0.1) is 0 Å². The van der Waals surface area contributed by atoms with E-state index in [9.17, 15) is 22.8 Å². The van der Waals surface area contributed by atoms with Crippen molar-refractivity contribution < 1.29 is 22.8 Å². The van der Waals surface area contributed by atoms with Gasteiger partial charge in [0, 0.05) is 0 Å². The van der Waals surface area contributed by atoms with Gasteiger partial charge in [-0.05, 0) is 31.0 Å². The van der Waals surface area contributed by atoms with Crippen LogP contribution in [0.5, 0.6) is 0 Å². The third kappa shape index (κ3) is 2.39. The Bertz CT molecular complexity index is 620. The van der Waals surface area contributed by atoms with Crippen molar-refractivity contribution >= 4 is 29.1 Å². The Morgan fingerprint density at radius 1 is 1.05 bits per heavy atom. The van der Waals surface area contributed by atoms with Crippen molar-refractivity contribution in [1.29, 1.82) is 0 Å². The van der Waals surface area contributed by atoms with E-state index in [0.717, 1.165) is 29.9 Å². The maximum absolute atomic E-state index is 12.9. The second-order valence-electron chi connectivity index (χ2n) is 5.67. The third-order valence-corrected chi connectivity index (χ3v) is 4.68. The molecule has 118 valence electrons. The van der Waals surface area contributed by atoms with E-state index in [1.165, 1.54) is 6.07 Å². The summed E-state index contributed by atoms with van der Waals surface area (Å²) < 4.78 is 38.8. The van der Waals surface area contributed by atoms with E-state index >= 15 is 0 Å². The molecule has 1 saturated carbocycles. The first-order valence-electron chi connectivity index (χ1n) is 7.05. The highest BCUT2D eigenvalue weighted by atomic mass is 35.5. The Balaban J connectivity index is 2.01. The molecule has 0 radical (unpaired) electrons. The maximum Gasteiger partial charge on any atom is 0.417 e. The van der Waals surface area contributed by atoms with Crippen molar-refractivity contribution in [2.24, 2.45) is 11.8 Å². The number of benzene rings is 1. The van der Waals surface area contributed by atoms with Gasteiger partial charge in [-0.25, -0.2) is 0 Å². The van der Waals surface area contributed by atoms with Gasteiger partial charge < -0.3 is 0 Å². The minimum absolute atomic E-state index is 0.0545. The topological polar surface area (TPSA) is 37.4 Å². The molecular formula is C15H13ClF3NO2. The number of fused-ring (bicyclic) bond motifs is 1. The first-order valence-corrected chi connectivity index (χ1v) is 7.43. The molecular weight excluding hydrogens is 319 g/mol. The van der Waals surface area contributed by atoms with Crippen molar-refractivity contribution in [3.63, 3.8) is 0 Å². The summed E-state index contributed by atoms with van der Waals surface area (Å²) >= 11 is 5.57. The van der Waals surface area contributed by atoms with Crippen LogP contribution in [0, 0.1) is 11.8 Å². The molecule has 2 fully saturated rings. The third-order valence-electron chi connectivity index (χ3n) is 4.35. The van der Waals surface area contributed by atoms with Crippen molar-refractivity contribution in [2.45, 2.75) is 31.9 Å². The molecule has 22 heavy (non-hydrogen) atoms. The monoisotopic (exact) mass is 331 g/mol. The number of halogens is 4. The standard InChI is InChI=1S/C15H13ClF3NO2/c16-12-6-5-8(7-11(12)15(17,18)19)20-13(21)9-3-1-2-4-10(9)14(20)22/h5-7,9-10H,1-4H2/t9-,10-/m0/s1. The van der Waals surface area contributed by atoms with Crippen LogP contribution in [0.15, 0.2) is 18.2 Å². The summed E-state index contributed by atoms with van der Waals surface area (Å²) in [6.45, 7) is 0. The quantitative estimate of drug-likeness (QED) is 0.728. The summed E-state index contributed by atoms with van der Waals surface area (Å²) in [4.78, 5) is 25.7. The lowest BCUT2D eigenvalue weighted by molar-refractivity contribution is -0.137. The summed E-state index contributed by atoms with van der Waals surface area (Å²) in [7, 11) is 0. The van der Waals surface area contributed by atoms with Crippen molar-refractivity contribution in [1.82, 2.24) is 0 Å². The van der Waals surface area contributed by atoms with Crippen molar-refractivity contribution in [3.8, 4) is 0 Å². The van der Waals surface area contributed by atoms with Crippen molar-refractivity contribution in [2.75, 3.05) is 4.90 Å². The number of carbonyl (C=O) groups is 2. The largest absolute Gasteiger partial charge is 0.417 e. The van der Waals surface area contributed by atoms with E-state index in [4.69, 9.17) is 11.6 Å². The van der Waals surface area contributed by atoms with Crippen LogP contribution in [0.3, 0.4) is 0 Å². The fourth-order valence-electron chi connectivity index (χ4n) is 3.29. The molecule has 0 aromatic heterocycles. The molecule has 3 nitrogen and oxygen atoms in total. The molecule has 1 aromatic rings. The van der Waals surface area contributed by atoms with Crippen LogP contribution in [0.4, 0.5) is 18.9 Å². The molecule has 2 amide bonds. The number of alkyl halides is 3. The Labute approximate surface area is 130 Å². The van der Waals surface area contributed by atoms with Crippen LogP contribution in [0.25, 0.3) is 0 Å². The minimum atomic E-state index is -4.63. The van der Waals surface area contributed by atoms with Gasteiger partial charge in [0.1, 0.15) is 0 Å². The smallest absolute Gasteiger partial charge is 0.274 e. The fraction of sp³-hybridized carbons (Fsp3) is 0.467. The van der Waals surface area contributed by atoms with E-state index in [1.54, 1.807) is 0 Å². The minimum Gasteiger partial charge on any atom is -0.274 e. The number of imide groups is 1. The lowest BCUT2D eigenvalue weighted by Crippen LogP contribution is -2.31. The molecule has 2 aliphatic rings. The zero-order valence-corrected chi connectivity index (χ0v) is 12.2. The van der Waals surface area contributed by atoms with Gasteiger partial charge in [0.2, 0.25) is 11.8 Å². The molecule has 0 unspecified atom stereocenters. The lowest BCUT2D eigenvalue weighted by Gasteiger charge is -2.19. The average Bonchev–Trinajstić information content (AvgIpc) is 2.71. The van der Waals surface area contributed by atoms with Crippen LogP contribution in [0.2, 0.25) is 5.02 Å². The number of amides is 2. The summed E-state index contributed by atoms with van der Waals surface area (Å²) in [5, 5.41) is -0.451. The molecule has 1 aromatic carbocycles. The van der Waals surface area contributed by atoms with Crippen LogP contribution in [-0.4, -0.2) is 11.8 Å². The molecule has 1 aliphatic heterocycles. The number of hydrogen-bond donors (Lipinski definition) is 0. The second-order valence-corrected chi connectivity index (χ2v) is 6.08. The van der Waals surface area contributed by atoms with E-state index in [-0.39, 0.29) is 5.69 Å². The molecule has 1 saturated heterocycles. The number of rotatable bonds is 1. The van der Waals surface area contributed by atoms with Crippen LogP contribution in [0.1, 0.15) is 31.2 Å². The zero-order valence-electron chi connectivity index (χ0n) is 11.5. The van der Waals surface area contributed by atoms with Gasteiger partial charge in [0.05, 0.1) is 28.1 Å². The van der Waals surface area contributed by atoms with Crippen LogP contribution < -0.4 is 4.90 Å². The molecule has 1 aliphatic carbocycles. The van der Waals surface area contributed by atoms with Gasteiger partial charge in [-0.3, -0.25) is 14.5 Å². The second kappa shape index (κ2) is 5.26. The summed E-state index contributed by atoms with van der Waals surface area (Å²) in [6.07, 6.45) is -1.67. The van der Waals surface area contributed by atoms with Gasteiger partial charge >= 0.3 is 6.18 Å². The number of nitrogens with zero attached hydrogens (tertiary/aromatic N) is 1. The van der Waals surface area contributed by atoms with E-state index in [1.807, 2.05) is 0 Å². The molecule has 7 heteroatoms. The molecule has 2 atom stereocenters. The fourth-order valence-corrected chi connectivity index (χ4v) is 3.51. The molecule has 3 rings (SSSR count). The first-order chi connectivity index (χ1) is 10.3. The number of hydrogen-bond acceptors (Lipinski definition) is 2. The number of carbonyl (C=O) groups excluding carboxylic acids is 2. The van der Waals surface area contributed by atoms with Gasteiger partial charge in [0.25, 0.3) is 0 Å².